The Hall–Kier alpha value is -0.860. The fourth-order valence-electron chi connectivity index (χ4n) is 1.37. The van der Waals surface area contributed by atoms with Gasteiger partial charge < -0.3 is 11.1 Å². The first-order valence-corrected chi connectivity index (χ1v) is 5.28. The lowest BCUT2D eigenvalue weighted by atomic mass is 10.0. The number of nitrogens with one attached hydrogen (secondary N) is 1. The lowest BCUT2D eigenvalue weighted by Gasteiger charge is -2.16. The van der Waals surface area contributed by atoms with Crippen LogP contribution in [0.3, 0.4) is 0 Å². The van der Waals surface area contributed by atoms with E-state index < -0.39 is 0 Å². The highest BCUT2D eigenvalue weighted by Crippen LogP contribution is 2.12. The summed E-state index contributed by atoms with van der Waals surface area (Å²) >= 11 is 0. The summed E-state index contributed by atoms with van der Waals surface area (Å²) in [5, 5.41) is 3.31. The molecule has 0 aliphatic heterocycles. The number of rotatable bonds is 5. The van der Waals surface area contributed by atoms with Gasteiger partial charge in [0.05, 0.1) is 6.17 Å². The van der Waals surface area contributed by atoms with Gasteiger partial charge in [-0.2, -0.15) is 0 Å². The maximum atomic E-state index is 5.79. The molecule has 0 bridgehead atoms. The van der Waals surface area contributed by atoms with Gasteiger partial charge in [-0.3, -0.25) is 0 Å². The van der Waals surface area contributed by atoms with Crippen LogP contribution in [0.25, 0.3) is 0 Å². The molecule has 0 aliphatic carbocycles. The third kappa shape index (κ3) is 3.48. The van der Waals surface area contributed by atoms with E-state index >= 15 is 0 Å². The third-order valence-electron chi connectivity index (χ3n) is 2.49. The molecule has 0 aromatic heterocycles. The Balaban J connectivity index is 2.39. The zero-order chi connectivity index (χ0) is 10.4. The standard InChI is InChI=1S/C12H20N2/c1-3-12(13)14-9-10(2)11-7-5-4-6-8-11/h4-8,10,12,14H,3,9,13H2,1-2H3. The van der Waals surface area contributed by atoms with Crippen LogP contribution < -0.4 is 11.1 Å². The van der Waals surface area contributed by atoms with Crippen molar-refractivity contribution in [2.75, 3.05) is 6.54 Å². The molecule has 1 rings (SSSR count). The van der Waals surface area contributed by atoms with Gasteiger partial charge in [0.15, 0.2) is 0 Å². The Morgan fingerprint density at radius 2 is 1.93 bits per heavy atom. The number of benzene rings is 1. The Bertz CT molecular complexity index is 246. The summed E-state index contributed by atoms with van der Waals surface area (Å²) in [5.74, 6) is 0.522. The van der Waals surface area contributed by atoms with E-state index in [4.69, 9.17) is 5.73 Å². The van der Waals surface area contributed by atoms with E-state index in [1.165, 1.54) is 5.56 Å². The van der Waals surface area contributed by atoms with Crippen molar-refractivity contribution in [3.05, 3.63) is 35.9 Å². The molecule has 14 heavy (non-hydrogen) atoms. The second-order valence-electron chi connectivity index (χ2n) is 3.73. The summed E-state index contributed by atoms with van der Waals surface area (Å²) in [7, 11) is 0. The van der Waals surface area contributed by atoms with Crippen LogP contribution in [0.4, 0.5) is 0 Å². The van der Waals surface area contributed by atoms with Crippen molar-refractivity contribution < 1.29 is 0 Å². The molecule has 0 heterocycles. The summed E-state index contributed by atoms with van der Waals surface area (Å²) in [6, 6.07) is 10.5. The Kier molecular flexibility index (Phi) is 4.63. The van der Waals surface area contributed by atoms with E-state index in [2.05, 4.69) is 43.4 Å². The molecular weight excluding hydrogens is 172 g/mol. The number of nitrogens with two attached hydrogens (primary N) is 1. The molecule has 2 heteroatoms. The third-order valence-corrected chi connectivity index (χ3v) is 2.49. The van der Waals surface area contributed by atoms with Gasteiger partial charge in [-0.15, -0.1) is 0 Å². The highest BCUT2D eigenvalue weighted by Gasteiger charge is 2.05. The molecule has 0 saturated heterocycles. The SMILES string of the molecule is CCC(N)NCC(C)c1ccccc1. The summed E-state index contributed by atoms with van der Waals surface area (Å²) in [6.45, 7) is 5.24. The van der Waals surface area contributed by atoms with Crippen molar-refractivity contribution in [2.45, 2.75) is 32.4 Å². The molecule has 0 amide bonds. The summed E-state index contributed by atoms with van der Waals surface area (Å²) in [5.41, 5.74) is 7.15. The van der Waals surface area contributed by atoms with Crippen LogP contribution in [0.2, 0.25) is 0 Å². The van der Waals surface area contributed by atoms with Crippen LogP contribution in [-0.4, -0.2) is 12.7 Å². The van der Waals surface area contributed by atoms with Gasteiger partial charge in [-0.25, -0.2) is 0 Å². The van der Waals surface area contributed by atoms with E-state index in [-0.39, 0.29) is 6.17 Å². The zero-order valence-electron chi connectivity index (χ0n) is 9.03. The second kappa shape index (κ2) is 5.78. The molecule has 1 aromatic rings. The molecule has 0 aliphatic rings. The first kappa shape index (κ1) is 11.2. The predicted molar refractivity (Wildman–Crippen MR) is 61.1 cm³/mol. The maximum absolute atomic E-state index is 5.79. The first-order valence-electron chi connectivity index (χ1n) is 5.28. The molecule has 3 N–H and O–H groups in total. The zero-order valence-corrected chi connectivity index (χ0v) is 9.03. The quantitative estimate of drug-likeness (QED) is 0.701. The predicted octanol–water partition coefficient (Wildman–Crippen LogP) is 2.07. The fraction of sp³-hybridized carbons (Fsp3) is 0.500. The van der Waals surface area contributed by atoms with Crippen LogP contribution in [0.15, 0.2) is 30.3 Å². The molecule has 2 nitrogen and oxygen atoms in total. The van der Waals surface area contributed by atoms with Crippen LogP contribution in [0, 0.1) is 0 Å². The second-order valence-corrected chi connectivity index (χ2v) is 3.73. The van der Waals surface area contributed by atoms with E-state index in [1.54, 1.807) is 0 Å². The van der Waals surface area contributed by atoms with Gasteiger partial charge in [0, 0.05) is 6.54 Å². The lowest BCUT2D eigenvalue weighted by molar-refractivity contribution is 0.491. The Labute approximate surface area is 86.5 Å². The minimum atomic E-state index is 0.126. The van der Waals surface area contributed by atoms with Crippen molar-refractivity contribution >= 4 is 0 Å². The molecule has 0 fully saturated rings. The highest BCUT2D eigenvalue weighted by molar-refractivity contribution is 5.18. The van der Waals surface area contributed by atoms with Crippen molar-refractivity contribution in [1.82, 2.24) is 5.32 Å². The Morgan fingerprint density at radius 3 is 2.50 bits per heavy atom. The number of hydrogen-bond acceptors (Lipinski definition) is 2. The van der Waals surface area contributed by atoms with E-state index in [9.17, 15) is 0 Å². The molecule has 0 saturated carbocycles. The van der Waals surface area contributed by atoms with Gasteiger partial charge in [0.2, 0.25) is 0 Å². The van der Waals surface area contributed by atoms with Gasteiger partial charge in [-0.1, -0.05) is 44.2 Å². The van der Waals surface area contributed by atoms with Crippen molar-refractivity contribution in [1.29, 1.82) is 0 Å². The minimum absolute atomic E-state index is 0.126. The van der Waals surface area contributed by atoms with Crippen molar-refractivity contribution in [3.8, 4) is 0 Å². The fourth-order valence-corrected chi connectivity index (χ4v) is 1.37. The largest absolute Gasteiger partial charge is 0.316 e. The average Bonchev–Trinajstić information content (AvgIpc) is 2.26. The van der Waals surface area contributed by atoms with Crippen molar-refractivity contribution in [2.24, 2.45) is 5.73 Å². The first-order chi connectivity index (χ1) is 6.74. The van der Waals surface area contributed by atoms with E-state index in [1.807, 2.05) is 6.07 Å². The summed E-state index contributed by atoms with van der Waals surface area (Å²) in [4.78, 5) is 0. The molecule has 0 spiro atoms. The molecule has 1 aromatic carbocycles. The Morgan fingerprint density at radius 1 is 1.29 bits per heavy atom. The molecule has 78 valence electrons. The van der Waals surface area contributed by atoms with E-state index in [0.29, 0.717) is 5.92 Å². The molecule has 2 atom stereocenters. The van der Waals surface area contributed by atoms with Gasteiger partial charge in [0.25, 0.3) is 0 Å². The normalized spacial score (nSPS) is 15.1. The molecule has 0 radical (unpaired) electrons. The van der Waals surface area contributed by atoms with Gasteiger partial charge in [0.1, 0.15) is 0 Å². The average molecular weight is 192 g/mol. The van der Waals surface area contributed by atoms with Crippen LogP contribution >= 0.6 is 0 Å². The summed E-state index contributed by atoms with van der Waals surface area (Å²) in [6.07, 6.45) is 1.10. The van der Waals surface area contributed by atoms with Crippen LogP contribution in [-0.2, 0) is 0 Å². The topological polar surface area (TPSA) is 38.0 Å². The van der Waals surface area contributed by atoms with Crippen LogP contribution in [0.1, 0.15) is 31.7 Å². The smallest absolute Gasteiger partial charge is 0.0543 e. The van der Waals surface area contributed by atoms with Gasteiger partial charge in [-0.05, 0) is 17.9 Å². The van der Waals surface area contributed by atoms with E-state index in [0.717, 1.165) is 13.0 Å². The minimum Gasteiger partial charge on any atom is -0.316 e. The molecular formula is C12H20N2. The number of hydrogen-bond donors (Lipinski definition) is 2. The maximum Gasteiger partial charge on any atom is 0.0543 e. The van der Waals surface area contributed by atoms with Crippen molar-refractivity contribution in [3.63, 3.8) is 0 Å². The molecule has 2 unspecified atom stereocenters. The van der Waals surface area contributed by atoms with Gasteiger partial charge >= 0.3 is 0 Å². The van der Waals surface area contributed by atoms with Crippen LogP contribution in [0.5, 0.6) is 0 Å². The summed E-state index contributed by atoms with van der Waals surface area (Å²) < 4.78 is 0. The monoisotopic (exact) mass is 192 g/mol. The lowest BCUT2D eigenvalue weighted by Crippen LogP contribution is -2.38. The highest BCUT2D eigenvalue weighted by atomic mass is 15.0.